The van der Waals surface area contributed by atoms with Gasteiger partial charge in [-0.05, 0) is 80.4 Å². The molecule has 1 saturated carbocycles. The molecule has 2 aromatic rings. The van der Waals surface area contributed by atoms with Crippen LogP contribution in [0.2, 0.25) is 0 Å². The number of ether oxygens (including phenoxy) is 1. The Morgan fingerprint density at radius 3 is 2.61 bits per heavy atom. The van der Waals surface area contributed by atoms with E-state index in [1.807, 2.05) is 30.3 Å². The highest BCUT2D eigenvalue weighted by molar-refractivity contribution is 8.18. The highest BCUT2D eigenvalue weighted by Crippen LogP contribution is 2.35. The van der Waals surface area contributed by atoms with E-state index >= 15 is 0 Å². The van der Waals surface area contributed by atoms with E-state index in [0.29, 0.717) is 16.1 Å². The van der Waals surface area contributed by atoms with Crippen LogP contribution in [-0.4, -0.2) is 22.8 Å². The molecule has 1 N–H and O–H groups in total. The predicted molar refractivity (Wildman–Crippen MR) is 115 cm³/mol. The van der Waals surface area contributed by atoms with Gasteiger partial charge < -0.3 is 14.6 Å². The van der Waals surface area contributed by atoms with Gasteiger partial charge >= 0.3 is 0 Å². The maximum Gasteiger partial charge on any atom is 0.264 e. The normalized spacial score (nSPS) is 20.3. The fraction of sp³-hybridized carbons (Fsp3) is 0.364. The van der Waals surface area contributed by atoms with Crippen molar-refractivity contribution in [3.8, 4) is 5.75 Å². The number of carbonyl (C=O) groups excluding carboxylic acids is 1. The number of hydrogen-bond acceptors (Lipinski definition) is 4. The van der Waals surface area contributed by atoms with Crippen LogP contribution in [-0.2, 0) is 4.79 Å². The first kappa shape index (κ1) is 18.9. The number of benzene rings is 1. The molecule has 1 aromatic carbocycles. The second-order valence-corrected chi connectivity index (χ2v) is 8.35. The second kappa shape index (κ2) is 7.87. The zero-order chi connectivity index (χ0) is 19.7. The number of aryl methyl sites for hydroxylation is 1. The molecule has 0 spiro atoms. The molecule has 0 unspecified atom stereocenters. The highest BCUT2D eigenvalue weighted by atomic mass is 32.2. The third-order valence-corrected chi connectivity index (χ3v) is 6.36. The topological polar surface area (TPSA) is 55.6 Å². The number of rotatable bonds is 4. The minimum atomic E-state index is -0.0945. The average molecular weight is 396 g/mol. The highest BCUT2D eigenvalue weighted by Gasteiger charge is 2.25. The molecule has 5 nitrogen and oxygen atoms in total. The quantitative estimate of drug-likeness (QED) is 0.731. The van der Waals surface area contributed by atoms with Gasteiger partial charge in [0, 0.05) is 17.4 Å². The van der Waals surface area contributed by atoms with E-state index in [4.69, 9.17) is 4.74 Å². The molecule has 146 valence electrons. The van der Waals surface area contributed by atoms with Crippen molar-refractivity contribution in [1.29, 1.82) is 0 Å². The van der Waals surface area contributed by atoms with E-state index in [1.54, 1.807) is 7.11 Å². The van der Waals surface area contributed by atoms with Crippen molar-refractivity contribution < 1.29 is 9.53 Å². The lowest BCUT2D eigenvalue weighted by molar-refractivity contribution is -0.115. The van der Waals surface area contributed by atoms with E-state index in [9.17, 15) is 4.79 Å². The number of aromatic nitrogens is 1. The molecule has 28 heavy (non-hydrogen) atoms. The fourth-order valence-electron chi connectivity index (χ4n) is 4.07. The first-order chi connectivity index (χ1) is 13.5. The van der Waals surface area contributed by atoms with E-state index in [-0.39, 0.29) is 5.91 Å². The van der Waals surface area contributed by atoms with Crippen molar-refractivity contribution in [3.05, 3.63) is 52.2 Å². The first-order valence-electron chi connectivity index (χ1n) is 9.67. The summed E-state index contributed by atoms with van der Waals surface area (Å²) in [6.45, 7) is 4.31. The Morgan fingerprint density at radius 1 is 1.21 bits per heavy atom. The number of aliphatic imine (C=N–C) groups is 1. The maximum atomic E-state index is 12.4. The van der Waals surface area contributed by atoms with Gasteiger partial charge in [-0.1, -0.05) is 12.8 Å². The third kappa shape index (κ3) is 3.74. The molecule has 0 radical (unpaired) electrons. The van der Waals surface area contributed by atoms with Gasteiger partial charge in [-0.25, -0.2) is 4.99 Å². The Kier molecular flexibility index (Phi) is 5.31. The molecule has 1 aromatic heterocycles. The Hall–Kier alpha value is -2.47. The number of hydrogen-bond donors (Lipinski definition) is 1. The summed E-state index contributed by atoms with van der Waals surface area (Å²) in [4.78, 5) is 17.6. The van der Waals surface area contributed by atoms with Gasteiger partial charge in [0.1, 0.15) is 5.75 Å². The molecule has 2 heterocycles. The van der Waals surface area contributed by atoms with Crippen molar-refractivity contribution in [2.24, 2.45) is 4.99 Å². The Balaban J connectivity index is 1.56. The number of thioether (sulfide) groups is 1. The molecule has 1 aliphatic carbocycles. The van der Waals surface area contributed by atoms with Crippen LogP contribution >= 0.6 is 11.8 Å². The zero-order valence-corrected chi connectivity index (χ0v) is 17.3. The van der Waals surface area contributed by atoms with Crippen LogP contribution in [0.1, 0.15) is 48.7 Å². The molecule has 0 bridgehead atoms. The largest absolute Gasteiger partial charge is 0.497 e. The van der Waals surface area contributed by atoms with Gasteiger partial charge in [-0.3, -0.25) is 4.79 Å². The smallest absolute Gasteiger partial charge is 0.264 e. The van der Waals surface area contributed by atoms with Gasteiger partial charge in [-0.15, -0.1) is 0 Å². The summed E-state index contributed by atoms with van der Waals surface area (Å²) in [6.07, 6.45) is 7.11. The van der Waals surface area contributed by atoms with Crippen LogP contribution in [0.5, 0.6) is 5.75 Å². The lowest BCUT2D eigenvalue weighted by Gasteiger charge is -2.17. The third-order valence-electron chi connectivity index (χ3n) is 5.45. The van der Waals surface area contributed by atoms with Crippen molar-refractivity contribution in [2.45, 2.75) is 45.6 Å². The summed E-state index contributed by atoms with van der Waals surface area (Å²) < 4.78 is 7.61. The van der Waals surface area contributed by atoms with Crippen LogP contribution in [0, 0.1) is 13.8 Å². The van der Waals surface area contributed by atoms with Crippen LogP contribution in [0.15, 0.2) is 40.2 Å². The first-order valence-corrected chi connectivity index (χ1v) is 10.5. The Labute approximate surface area is 169 Å². The molecule has 2 aliphatic rings. The number of carbonyl (C=O) groups is 1. The van der Waals surface area contributed by atoms with Gasteiger partial charge in [0.15, 0.2) is 5.17 Å². The van der Waals surface area contributed by atoms with E-state index in [1.165, 1.54) is 48.8 Å². The molecule has 6 heteroatoms. The summed E-state index contributed by atoms with van der Waals surface area (Å²) in [7, 11) is 1.63. The molecule has 1 aliphatic heterocycles. The number of amidine groups is 1. The predicted octanol–water partition coefficient (Wildman–Crippen LogP) is 5.12. The summed E-state index contributed by atoms with van der Waals surface area (Å²) in [5.74, 6) is 0.688. The SMILES string of the molecule is COc1ccc(N=C2NC(=O)/C(=C/c3cc(C)n(C4CCCC4)c3C)S2)cc1. The van der Waals surface area contributed by atoms with Crippen molar-refractivity contribution >= 4 is 34.6 Å². The monoisotopic (exact) mass is 395 g/mol. The van der Waals surface area contributed by atoms with E-state index in [2.05, 4.69) is 34.8 Å². The summed E-state index contributed by atoms with van der Waals surface area (Å²) >= 11 is 1.38. The minimum Gasteiger partial charge on any atom is -0.497 e. The standard InChI is InChI=1S/C22H25N3O2S/c1-14-12-16(15(2)25(14)18-6-4-5-7-18)13-20-21(26)24-22(28-20)23-17-8-10-19(27-3)11-9-17/h8-13,18H,4-7H2,1-3H3,(H,23,24,26)/b20-13-. The Morgan fingerprint density at radius 2 is 1.93 bits per heavy atom. The molecule has 4 rings (SSSR count). The minimum absolute atomic E-state index is 0.0945. The number of nitrogens with zero attached hydrogens (tertiary/aromatic N) is 2. The van der Waals surface area contributed by atoms with E-state index < -0.39 is 0 Å². The lowest BCUT2D eigenvalue weighted by Crippen LogP contribution is -2.19. The number of methoxy groups -OCH3 is 1. The average Bonchev–Trinajstić information content (AvgIpc) is 3.38. The van der Waals surface area contributed by atoms with E-state index in [0.717, 1.165) is 17.0 Å². The zero-order valence-electron chi connectivity index (χ0n) is 16.5. The lowest BCUT2D eigenvalue weighted by atomic mass is 10.2. The molecule has 0 atom stereocenters. The second-order valence-electron chi connectivity index (χ2n) is 7.31. The van der Waals surface area contributed by atoms with Crippen molar-refractivity contribution in [1.82, 2.24) is 9.88 Å². The van der Waals surface area contributed by atoms with Crippen LogP contribution < -0.4 is 10.1 Å². The molecular weight excluding hydrogens is 370 g/mol. The number of amides is 1. The van der Waals surface area contributed by atoms with Gasteiger partial charge in [0.2, 0.25) is 0 Å². The Bertz CT molecular complexity index is 951. The van der Waals surface area contributed by atoms with Gasteiger partial charge in [0.05, 0.1) is 17.7 Å². The molecular formula is C22H25N3O2S. The van der Waals surface area contributed by atoms with Crippen LogP contribution in [0.25, 0.3) is 6.08 Å². The maximum absolute atomic E-state index is 12.4. The van der Waals surface area contributed by atoms with Crippen LogP contribution in [0.3, 0.4) is 0 Å². The number of nitrogens with one attached hydrogen (secondary N) is 1. The van der Waals surface area contributed by atoms with Crippen molar-refractivity contribution in [3.63, 3.8) is 0 Å². The fourth-order valence-corrected chi connectivity index (χ4v) is 4.90. The molecule has 1 amide bonds. The van der Waals surface area contributed by atoms with Crippen LogP contribution in [0.4, 0.5) is 5.69 Å². The summed E-state index contributed by atoms with van der Waals surface area (Å²) in [5, 5.41) is 3.47. The van der Waals surface area contributed by atoms with Gasteiger partial charge in [-0.2, -0.15) is 0 Å². The summed E-state index contributed by atoms with van der Waals surface area (Å²) in [5.41, 5.74) is 4.41. The molecule has 1 saturated heterocycles. The summed E-state index contributed by atoms with van der Waals surface area (Å²) in [6, 6.07) is 10.2. The van der Waals surface area contributed by atoms with Crippen molar-refractivity contribution in [2.75, 3.05) is 7.11 Å². The molecule has 2 fully saturated rings. The van der Waals surface area contributed by atoms with Gasteiger partial charge in [0.25, 0.3) is 5.91 Å².